The smallest absolute Gasteiger partial charge is 0.119 e. The Morgan fingerprint density at radius 3 is 2.62 bits per heavy atom. The lowest BCUT2D eigenvalue weighted by atomic mass is 10.0. The van der Waals surface area contributed by atoms with Crippen LogP contribution in [0.5, 0.6) is 5.75 Å². The fourth-order valence-corrected chi connectivity index (χ4v) is 2.60. The van der Waals surface area contributed by atoms with E-state index in [1.54, 1.807) is 12.7 Å². The highest BCUT2D eigenvalue weighted by atomic mass is 16.5. The molecule has 0 heterocycles. The lowest BCUT2D eigenvalue weighted by Crippen LogP contribution is -1.88. The monoisotopic (exact) mass is 288 g/mol. The average molecular weight is 288 g/mol. The van der Waals surface area contributed by atoms with E-state index in [9.17, 15) is 0 Å². The van der Waals surface area contributed by atoms with Crippen LogP contribution >= 0.6 is 0 Å². The number of hydrogen-bond donors (Lipinski definition) is 0. The molecule has 0 bridgehead atoms. The van der Waals surface area contributed by atoms with Gasteiger partial charge >= 0.3 is 0 Å². The summed E-state index contributed by atoms with van der Waals surface area (Å²) in [6.45, 7) is 4.55. The minimum atomic E-state index is 0.959. The third kappa shape index (κ3) is 8.60. The van der Waals surface area contributed by atoms with E-state index < -0.39 is 0 Å². The summed E-state index contributed by atoms with van der Waals surface area (Å²) in [6, 6.07) is 8.39. The maximum Gasteiger partial charge on any atom is 0.119 e. The van der Waals surface area contributed by atoms with Gasteiger partial charge in [-0.05, 0) is 50.3 Å². The van der Waals surface area contributed by atoms with Crippen molar-refractivity contribution in [2.75, 3.05) is 7.11 Å². The second kappa shape index (κ2) is 11.4. The van der Waals surface area contributed by atoms with Crippen LogP contribution in [0, 0.1) is 0 Å². The third-order valence-electron chi connectivity index (χ3n) is 3.98. The molecule has 0 radical (unpaired) electrons. The van der Waals surface area contributed by atoms with Crippen LogP contribution in [0.15, 0.2) is 35.9 Å². The number of ether oxygens (including phenoxy) is 1. The van der Waals surface area contributed by atoms with Crippen molar-refractivity contribution in [3.05, 3.63) is 41.5 Å². The Kier molecular flexibility index (Phi) is 9.69. The van der Waals surface area contributed by atoms with Crippen molar-refractivity contribution in [3.63, 3.8) is 0 Å². The lowest BCUT2D eigenvalue weighted by molar-refractivity contribution is 0.414. The molecule has 0 N–H and O–H groups in total. The van der Waals surface area contributed by atoms with Crippen LogP contribution in [-0.2, 0) is 6.42 Å². The molecule has 0 aromatic heterocycles. The first-order chi connectivity index (χ1) is 10.3. The molecular weight excluding hydrogens is 256 g/mol. The largest absolute Gasteiger partial charge is 0.497 e. The standard InChI is InChI=1S/C20H32O/c1-4-5-6-7-8-9-12-18(2)13-10-14-19-15-11-16-20(17-19)21-3/h11,13,15-17H,4-10,12,14H2,1-3H3/b18-13+. The fraction of sp³-hybridized carbons (Fsp3) is 0.600. The van der Waals surface area contributed by atoms with Gasteiger partial charge in [-0.3, -0.25) is 0 Å². The van der Waals surface area contributed by atoms with Crippen molar-refractivity contribution < 1.29 is 4.74 Å². The van der Waals surface area contributed by atoms with Gasteiger partial charge in [0, 0.05) is 0 Å². The van der Waals surface area contributed by atoms with Crippen molar-refractivity contribution in [3.8, 4) is 5.75 Å². The average Bonchev–Trinajstić information content (AvgIpc) is 2.51. The summed E-state index contributed by atoms with van der Waals surface area (Å²) in [5.74, 6) is 0.959. The van der Waals surface area contributed by atoms with Gasteiger partial charge in [-0.2, -0.15) is 0 Å². The molecular formula is C20H32O. The van der Waals surface area contributed by atoms with E-state index in [0.717, 1.165) is 18.6 Å². The molecule has 0 aliphatic rings. The first kappa shape index (κ1) is 17.8. The van der Waals surface area contributed by atoms with Crippen molar-refractivity contribution in [1.29, 1.82) is 0 Å². The van der Waals surface area contributed by atoms with Gasteiger partial charge in [0.2, 0.25) is 0 Å². The molecule has 118 valence electrons. The summed E-state index contributed by atoms with van der Waals surface area (Å²) in [6.07, 6.45) is 14.2. The van der Waals surface area contributed by atoms with Gasteiger partial charge in [0.1, 0.15) is 5.75 Å². The molecule has 0 amide bonds. The van der Waals surface area contributed by atoms with Crippen LogP contribution < -0.4 is 4.74 Å². The van der Waals surface area contributed by atoms with E-state index in [0.29, 0.717) is 0 Å². The normalized spacial score (nSPS) is 11.7. The zero-order valence-corrected chi connectivity index (χ0v) is 14.2. The summed E-state index contributed by atoms with van der Waals surface area (Å²) in [5.41, 5.74) is 2.91. The van der Waals surface area contributed by atoms with Crippen LogP contribution in [0.1, 0.15) is 70.8 Å². The zero-order valence-electron chi connectivity index (χ0n) is 14.2. The minimum absolute atomic E-state index is 0.959. The SMILES string of the molecule is CCCCCCCC/C(C)=C/CCc1cccc(OC)c1. The van der Waals surface area contributed by atoms with Crippen molar-refractivity contribution in [2.24, 2.45) is 0 Å². The molecule has 1 aromatic rings. The number of allylic oxidation sites excluding steroid dienone is 2. The van der Waals surface area contributed by atoms with E-state index in [1.807, 2.05) is 6.07 Å². The molecule has 1 aromatic carbocycles. The predicted octanol–water partition coefficient (Wildman–Crippen LogP) is 6.32. The van der Waals surface area contributed by atoms with E-state index in [2.05, 4.69) is 38.1 Å². The van der Waals surface area contributed by atoms with Crippen LogP contribution in [0.25, 0.3) is 0 Å². The summed E-state index contributed by atoms with van der Waals surface area (Å²) >= 11 is 0. The van der Waals surface area contributed by atoms with Crippen LogP contribution in [0.4, 0.5) is 0 Å². The van der Waals surface area contributed by atoms with Crippen molar-refractivity contribution in [2.45, 2.75) is 71.6 Å². The first-order valence-electron chi connectivity index (χ1n) is 8.54. The molecule has 0 aliphatic carbocycles. The maximum atomic E-state index is 5.26. The topological polar surface area (TPSA) is 9.23 Å². The second-order valence-corrected chi connectivity index (χ2v) is 5.96. The van der Waals surface area contributed by atoms with Crippen LogP contribution in [-0.4, -0.2) is 7.11 Å². The Labute approximate surface area is 131 Å². The van der Waals surface area contributed by atoms with Crippen molar-refractivity contribution >= 4 is 0 Å². The van der Waals surface area contributed by atoms with E-state index in [-0.39, 0.29) is 0 Å². The van der Waals surface area contributed by atoms with E-state index in [4.69, 9.17) is 4.74 Å². The quantitative estimate of drug-likeness (QED) is 0.342. The van der Waals surface area contributed by atoms with Crippen LogP contribution in [0.2, 0.25) is 0 Å². The Morgan fingerprint density at radius 2 is 1.86 bits per heavy atom. The number of methoxy groups -OCH3 is 1. The molecule has 21 heavy (non-hydrogen) atoms. The molecule has 0 spiro atoms. The highest BCUT2D eigenvalue weighted by Crippen LogP contribution is 2.16. The van der Waals surface area contributed by atoms with Crippen LogP contribution in [0.3, 0.4) is 0 Å². The minimum Gasteiger partial charge on any atom is -0.497 e. The van der Waals surface area contributed by atoms with Gasteiger partial charge in [0.15, 0.2) is 0 Å². The maximum absolute atomic E-state index is 5.26. The summed E-state index contributed by atoms with van der Waals surface area (Å²) in [5, 5.41) is 0. The predicted molar refractivity (Wildman–Crippen MR) is 93.1 cm³/mol. The van der Waals surface area contributed by atoms with Gasteiger partial charge in [0.25, 0.3) is 0 Å². The highest BCUT2D eigenvalue weighted by molar-refractivity contribution is 5.28. The Balaban J connectivity index is 2.16. The van der Waals surface area contributed by atoms with Crippen molar-refractivity contribution in [1.82, 2.24) is 0 Å². The van der Waals surface area contributed by atoms with E-state index >= 15 is 0 Å². The summed E-state index contributed by atoms with van der Waals surface area (Å²) < 4.78 is 5.26. The number of hydrogen-bond acceptors (Lipinski definition) is 1. The molecule has 0 unspecified atom stereocenters. The van der Waals surface area contributed by atoms with Gasteiger partial charge < -0.3 is 4.74 Å². The number of unbranched alkanes of at least 4 members (excludes halogenated alkanes) is 5. The molecule has 1 heteroatoms. The number of rotatable bonds is 11. The first-order valence-corrected chi connectivity index (χ1v) is 8.54. The lowest BCUT2D eigenvalue weighted by Gasteiger charge is -2.04. The number of aryl methyl sites for hydroxylation is 1. The Morgan fingerprint density at radius 1 is 1.10 bits per heavy atom. The fourth-order valence-electron chi connectivity index (χ4n) is 2.60. The molecule has 0 saturated heterocycles. The summed E-state index contributed by atoms with van der Waals surface area (Å²) in [7, 11) is 1.73. The Bertz CT molecular complexity index is 406. The molecule has 0 fully saturated rings. The molecule has 0 aliphatic heterocycles. The number of benzene rings is 1. The highest BCUT2D eigenvalue weighted by Gasteiger charge is 1.96. The molecule has 0 atom stereocenters. The van der Waals surface area contributed by atoms with Gasteiger partial charge in [-0.15, -0.1) is 0 Å². The summed E-state index contributed by atoms with van der Waals surface area (Å²) in [4.78, 5) is 0. The molecule has 0 saturated carbocycles. The molecule has 1 rings (SSSR count). The van der Waals surface area contributed by atoms with Gasteiger partial charge in [-0.25, -0.2) is 0 Å². The van der Waals surface area contributed by atoms with Gasteiger partial charge in [-0.1, -0.05) is 62.8 Å². The zero-order chi connectivity index (χ0) is 15.3. The third-order valence-corrected chi connectivity index (χ3v) is 3.98. The Hall–Kier alpha value is -1.24. The molecule has 1 nitrogen and oxygen atoms in total. The second-order valence-electron chi connectivity index (χ2n) is 5.96. The van der Waals surface area contributed by atoms with Gasteiger partial charge in [0.05, 0.1) is 7.11 Å². The van der Waals surface area contributed by atoms with E-state index in [1.165, 1.54) is 50.5 Å².